The number of rotatable bonds is 6. The second-order valence-electron chi connectivity index (χ2n) is 5.79. The van der Waals surface area contributed by atoms with E-state index in [9.17, 15) is 0 Å². The zero-order valence-corrected chi connectivity index (χ0v) is 12.9. The van der Waals surface area contributed by atoms with Crippen LogP contribution in [-0.2, 0) is 11.3 Å². The van der Waals surface area contributed by atoms with Crippen LogP contribution in [0.3, 0.4) is 0 Å². The summed E-state index contributed by atoms with van der Waals surface area (Å²) in [6.45, 7) is 9.84. The number of pyridine rings is 1. The first-order chi connectivity index (χ1) is 9.63. The monoisotopic (exact) mass is 277 g/mol. The lowest BCUT2D eigenvalue weighted by molar-refractivity contribution is 0.115. The molecule has 1 saturated heterocycles. The zero-order chi connectivity index (χ0) is 14.5. The van der Waals surface area contributed by atoms with Crippen molar-refractivity contribution in [2.24, 2.45) is 5.73 Å². The van der Waals surface area contributed by atoms with Gasteiger partial charge in [-0.2, -0.15) is 0 Å². The zero-order valence-electron chi connectivity index (χ0n) is 12.9. The van der Waals surface area contributed by atoms with Crippen molar-refractivity contribution in [3.05, 3.63) is 23.4 Å². The van der Waals surface area contributed by atoms with Gasteiger partial charge >= 0.3 is 0 Å². The minimum absolute atomic E-state index is 0.348. The van der Waals surface area contributed by atoms with Crippen LogP contribution in [0.15, 0.2) is 12.1 Å². The summed E-state index contributed by atoms with van der Waals surface area (Å²) in [5.74, 6) is 1.45. The molecule has 4 heteroatoms. The molecule has 20 heavy (non-hydrogen) atoms. The predicted molar refractivity (Wildman–Crippen MR) is 83.1 cm³/mol. The fourth-order valence-electron chi connectivity index (χ4n) is 2.59. The average molecular weight is 277 g/mol. The van der Waals surface area contributed by atoms with Crippen LogP contribution in [0.4, 0.5) is 5.82 Å². The van der Waals surface area contributed by atoms with Crippen LogP contribution in [0.5, 0.6) is 0 Å². The van der Waals surface area contributed by atoms with Crippen LogP contribution in [0, 0.1) is 0 Å². The van der Waals surface area contributed by atoms with E-state index in [0.717, 1.165) is 43.2 Å². The molecule has 4 nitrogen and oxygen atoms in total. The van der Waals surface area contributed by atoms with E-state index in [4.69, 9.17) is 15.5 Å². The van der Waals surface area contributed by atoms with E-state index in [1.54, 1.807) is 0 Å². The number of nitrogens with zero attached hydrogens (tertiary/aromatic N) is 2. The van der Waals surface area contributed by atoms with E-state index < -0.39 is 0 Å². The molecule has 1 aromatic rings. The van der Waals surface area contributed by atoms with Crippen molar-refractivity contribution in [2.75, 3.05) is 24.6 Å². The van der Waals surface area contributed by atoms with Crippen molar-refractivity contribution in [1.82, 2.24) is 4.98 Å². The third kappa shape index (κ3) is 3.70. The maximum Gasteiger partial charge on any atom is 0.129 e. The van der Waals surface area contributed by atoms with Crippen molar-refractivity contribution < 1.29 is 4.74 Å². The van der Waals surface area contributed by atoms with E-state index in [0.29, 0.717) is 18.6 Å². The summed E-state index contributed by atoms with van der Waals surface area (Å²) in [4.78, 5) is 7.12. The molecule has 1 unspecified atom stereocenters. The van der Waals surface area contributed by atoms with Crippen molar-refractivity contribution in [2.45, 2.75) is 52.2 Å². The Bertz CT molecular complexity index is 428. The molecule has 0 aromatic carbocycles. The molecule has 1 atom stereocenters. The van der Waals surface area contributed by atoms with Crippen molar-refractivity contribution >= 4 is 5.82 Å². The molecule has 0 radical (unpaired) electrons. The molecule has 0 saturated carbocycles. The Hall–Kier alpha value is -1.13. The fraction of sp³-hybridized carbons (Fsp3) is 0.688. The molecule has 0 aliphatic carbocycles. The van der Waals surface area contributed by atoms with Crippen molar-refractivity contribution in [1.29, 1.82) is 0 Å². The number of likely N-dealkylation sites (N-methyl/N-ethyl adjacent to an activating group) is 1. The molecule has 2 rings (SSSR count). The first-order valence-electron chi connectivity index (χ1n) is 7.71. The summed E-state index contributed by atoms with van der Waals surface area (Å²) >= 11 is 0. The van der Waals surface area contributed by atoms with Crippen LogP contribution >= 0.6 is 0 Å². The molecule has 0 spiro atoms. The molecular weight excluding hydrogens is 250 g/mol. The summed E-state index contributed by atoms with van der Waals surface area (Å²) in [6.07, 6.45) is 2.68. The third-order valence-electron chi connectivity index (χ3n) is 3.87. The summed E-state index contributed by atoms with van der Waals surface area (Å²) in [5.41, 5.74) is 8.10. The van der Waals surface area contributed by atoms with Crippen LogP contribution in [0.25, 0.3) is 0 Å². The Morgan fingerprint density at radius 3 is 2.80 bits per heavy atom. The van der Waals surface area contributed by atoms with E-state index >= 15 is 0 Å². The van der Waals surface area contributed by atoms with Gasteiger partial charge < -0.3 is 15.4 Å². The van der Waals surface area contributed by atoms with Gasteiger partial charge in [0.1, 0.15) is 5.82 Å². The van der Waals surface area contributed by atoms with Gasteiger partial charge in [0.2, 0.25) is 0 Å². The van der Waals surface area contributed by atoms with Crippen LogP contribution in [0.1, 0.15) is 50.8 Å². The number of nitrogens with two attached hydrogens (primary N) is 1. The summed E-state index contributed by atoms with van der Waals surface area (Å²) in [7, 11) is 0. The molecule has 1 aliphatic rings. The molecular formula is C16H27N3O. The normalized spacial score (nSPS) is 18.8. The van der Waals surface area contributed by atoms with Crippen LogP contribution < -0.4 is 10.6 Å². The Balaban J connectivity index is 2.20. The van der Waals surface area contributed by atoms with Gasteiger partial charge in [-0.15, -0.1) is 0 Å². The standard InChI is InChI=1S/C16H27N3O/c1-4-19(11-14-6-5-7-20-14)16-9-13(10-17)8-15(18-16)12(2)3/h8-9,12,14H,4-7,10-11,17H2,1-3H3. The first kappa shape index (κ1) is 15.3. The molecule has 2 N–H and O–H groups in total. The second kappa shape index (κ2) is 7.04. The second-order valence-corrected chi connectivity index (χ2v) is 5.79. The highest BCUT2D eigenvalue weighted by Crippen LogP contribution is 2.22. The molecule has 1 aromatic heterocycles. The lowest BCUT2D eigenvalue weighted by Crippen LogP contribution is -2.33. The van der Waals surface area contributed by atoms with Gasteiger partial charge in [-0.3, -0.25) is 0 Å². The fourth-order valence-corrected chi connectivity index (χ4v) is 2.59. The highest BCUT2D eigenvalue weighted by Gasteiger charge is 2.20. The van der Waals surface area contributed by atoms with E-state index in [1.807, 2.05) is 0 Å². The van der Waals surface area contributed by atoms with Gasteiger partial charge in [-0.05, 0) is 43.4 Å². The SMILES string of the molecule is CCN(CC1CCCO1)c1cc(CN)cc(C(C)C)n1. The molecule has 2 heterocycles. The molecule has 1 fully saturated rings. The first-order valence-corrected chi connectivity index (χ1v) is 7.71. The van der Waals surface area contributed by atoms with Gasteiger partial charge in [0.05, 0.1) is 6.10 Å². The number of hydrogen-bond donors (Lipinski definition) is 1. The molecule has 0 amide bonds. The van der Waals surface area contributed by atoms with Gasteiger partial charge in [-0.25, -0.2) is 4.98 Å². The van der Waals surface area contributed by atoms with Gasteiger partial charge in [0.15, 0.2) is 0 Å². The van der Waals surface area contributed by atoms with Gasteiger partial charge in [0.25, 0.3) is 0 Å². The maximum absolute atomic E-state index is 5.82. The summed E-state index contributed by atoms with van der Waals surface area (Å²) in [5, 5.41) is 0. The smallest absolute Gasteiger partial charge is 0.129 e. The topological polar surface area (TPSA) is 51.4 Å². The minimum Gasteiger partial charge on any atom is -0.376 e. The number of ether oxygens (including phenoxy) is 1. The number of hydrogen-bond acceptors (Lipinski definition) is 4. The summed E-state index contributed by atoms with van der Waals surface area (Å²) < 4.78 is 5.75. The molecule has 112 valence electrons. The quantitative estimate of drug-likeness (QED) is 0.868. The van der Waals surface area contributed by atoms with Crippen LogP contribution in [-0.4, -0.2) is 30.8 Å². The third-order valence-corrected chi connectivity index (χ3v) is 3.87. The minimum atomic E-state index is 0.348. The van der Waals surface area contributed by atoms with Gasteiger partial charge in [0, 0.05) is 31.9 Å². The lowest BCUT2D eigenvalue weighted by Gasteiger charge is -2.26. The molecule has 1 aliphatic heterocycles. The van der Waals surface area contributed by atoms with Gasteiger partial charge in [-0.1, -0.05) is 13.8 Å². The summed E-state index contributed by atoms with van der Waals surface area (Å²) in [6, 6.07) is 4.23. The maximum atomic E-state index is 5.82. The Labute approximate surface area is 122 Å². The highest BCUT2D eigenvalue weighted by atomic mass is 16.5. The van der Waals surface area contributed by atoms with Crippen molar-refractivity contribution in [3.63, 3.8) is 0 Å². The van der Waals surface area contributed by atoms with Crippen molar-refractivity contribution in [3.8, 4) is 0 Å². The lowest BCUT2D eigenvalue weighted by atomic mass is 10.1. The highest BCUT2D eigenvalue weighted by molar-refractivity contribution is 5.43. The van der Waals surface area contributed by atoms with E-state index in [2.05, 4.69) is 37.8 Å². The predicted octanol–water partition coefficient (Wildman–Crippen LogP) is 2.67. The Kier molecular flexibility index (Phi) is 5.38. The largest absolute Gasteiger partial charge is 0.376 e. The molecule has 0 bridgehead atoms. The van der Waals surface area contributed by atoms with E-state index in [-0.39, 0.29) is 0 Å². The Morgan fingerprint density at radius 2 is 2.25 bits per heavy atom. The van der Waals surface area contributed by atoms with E-state index in [1.165, 1.54) is 6.42 Å². The average Bonchev–Trinajstić information content (AvgIpc) is 2.97. The Morgan fingerprint density at radius 1 is 1.45 bits per heavy atom. The number of aromatic nitrogens is 1. The van der Waals surface area contributed by atoms with Crippen LogP contribution in [0.2, 0.25) is 0 Å². The number of anilines is 1.